The first kappa shape index (κ1) is 22.1. The quantitative estimate of drug-likeness (QED) is 0.502. The van der Waals surface area contributed by atoms with Gasteiger partial charge in [-0.2, -0.15) is 0 Å². The fraction of sp³-hybridized carbons (Fsp3) is 0.960. The van der Waals surface area contributed by atoms with E-state index in [9.17, 15) is 15.3 Å². The maximum atomic E-state index is 12.4. The Hall–Kier alpha value is -0.690. The summed E-state index contributed by atoms with van der Waals surface area (Å²) in [6.07, 6.45) is 6.21. The van der Waals surface area contributed by atoms with Crippen LogP contribution in [0.25, 0.3) is 0 Å². The molecule has 6 nitrogen and oxygen atoms in total. The zero-order valence-electron chi connectivity index (χ0n) is 19.7. The summed E-state index contributed by atoms with van der Waals surface area (Å²) in [7, 11) is 0. The highest BCUT2D eigenvalue weighted by atomic mass is 16.6. The fourth-order valence-electron chi connectivity index (χ4n) is 8.90. The average molecular weight is 435 g/mol. The normalized spacial score (nSPS) is 54.9. The molecule has 31 heavy (non-hydrogen) atoms. The highest BCUT2D eigenvalue weighted by Crippen LogP contribution is 2.69. The monoisotopic (exact) mass is 434 g/mol. The SMILES string of the molecule is CC1(C)/C(=N/O[C@@H]2CCNC2)CC[C@]2(C)[C@H]3CC[C@]4(C)[C@@H](O)CC[C@H]4[C@@H]3C[C@H](O)[C@@]12O. The van der Waals surface area contributed by atoms with Crippen molar-refractivity contribution in [1.82, 2.24) is 5.32 Å². The number of aliphatic hydroxyl groups excluding tert-OH is 2. The number of hydrogen-bond acceptors (Lipinski definition) is 6. The van der Waals surface area contributed by atoms with Gasteiger partial charge in [0.15, 0.2) is 0 Å². The van der Waals surface area contributed by atoms with Crippen LogP contribution in [-0.2, 0) is 4.84 Å². The van der Waals surface area contributed by atoms with E-state index in [0.29, 0.717) is 24.2 Å². The Morgan fingerprint density at radius 3 is 2.45 bits per heavy atom. The van der Waals surface area contributed by atoms with E-state index in [1.54, 1.807) is 0 Å². The van der Waals surface area contributed by atoms with Crippen molar-refractivity contribution in [2.24, 2.45) is 39.2 Å². The number of fused-ring (bicyclic) bond motifs is 5. The number of oxime groups is 1. The van der Waals surface area contributed by atoms with Crippen molar-refractivity contribution in [3.8, 4) is 0 Å². The minimum absolute atomic E-state index is 0.0351. The van der Waals surface area contributed by atoms with Crippen LogP contribution >= 0.6 is 0 Å². The topological polar surface area (TPSA) is 94.3 Å². The predicted octanol–water partition coefficient (Wildman–Crippen LogP) is 2.85. The van der Waals surface area contributed by atoms with E-state index in [1.165, 1.54) is 0 Å². The van der Waals surface area contributed by atoms with Gasteiger partial charge < -0.3 is 25.5 Å². The lowest BCUT2D eigenvalue weighted by atomic mass is 9.38. The summed E-state index contributed by atoms with van der Waals surface area (Å²) < 4.78 is 0. The van der Waals surface area contributed by atoms with Crippen LogP contribution in [0.5, 0.6) is 0 Å². The Morgan fingerprint density at radius 1 is 0.968 bits per heavy atom. The third-order valence-corrected chi connectivity index (χ3v) is 10.9. The maximum Gasteiger partial charge on any atom is 0.141 e. The van der Waals surface area contributed by atoms with E-state index in [4.69, 9.17) is 4.84 Å². The number of hydrogen-bond donors (Lipinski definition) is 4. The van der Waals surface area contributed by atoms with Gasteiger partial charge in [-0.05, 0) is 74.7 Å². The van der Waals surface area contributed by atoms with Crippen molar-refractivity contribution in [3.05, 3.63) is 0 Å². The van der Waals surface area contributed by atoms with Gasteiger partial charge in [0.2, 0.25) is 0 Å². The molecule has 1 aliphatic heterocycles. The van der Waals surface area contributed by atoms with Gasteiger partial charge in [0.1, 0.15) is 11.7 Å². The smallest absolute Gasteiger partial charge is 0.141 e. The van der Waals surface area contributed by atoms with Gasteiger partial charge in [-0.15, -0.1) is 0 Å². The van der Waals surface area contributed by atoms with Crippen molar-refractivity contribution in [2.75, 3.05) is 13.1 Å². The van der Waals surface area contributed by atoms with E-state index in [0.717, 1.165) is 63.7 Å². The van der Waals surface area contributed by atoms with Gasteiger partial charge in [-0.1, -0.05) is 32.9 Å². The predicted molar refractivity (Wildman–Crippen MR) is 120 cm³/mol. The van der Waals surface area contributed by atoms with Crippen molar-refractivity contribution in [2.45, 2.75) is 103 Å². The molecule has 4 N–H and O–H groups in total. The molecule has 0 aromatic rings. The average Bonchev–Trinajstić information content (AvgIpc) is 3.33. The van der Waals surface area contributed by atoms with Crippen LogP contribution < -0.4 is 5.32 Å². The van der Waals surface area contributed by atoms with E-state index >= 15 is 0 Å². The van der Waals surface area contributed by atoms with Gasteiger partial charge >= 0.3 is 0 Å². The maximum absolute atomic E-state index is 12.4. The van der Waals surface area contributed by atoms with Crippen LogP contribution in [-0.4, -0.2) is 58.0 Å². The van der Waals surface area contributed by atoms with E-state index in [1.807, 2.05) is 0 Å². The molecule has 0 amide bonds. The van der Waals surface area contributed by atoms with Gasteiger partial charge in [0, 0.05) is 23.8 Å². The van der Waals surface area contributed by atoms with Crippen molar-refractivity contribution in [3.63, 3.8) is 0 Å². The summed E-state index contributed by atoms with van der Waals surface area (Å²) in [5.74, 6) is 1.17. The highest BCUT2D eigenvalue weighted by molar-refractivity contribution is 5.91. The molecule has 0 unspecified atom stereocenters. The Balaban J connectivity index is 1.47. The van der Waals surface area contributed by atoms with E-state index in [2.05, 4.69) is 38.2 Å². The largest absolute Gasteiger partial charge is 0.393 e. The molecule has 176 valence electrons. The second-order valence-electron chi connectivity index (χ2n) is 12.3. The summed E-state index contributed by atoms with van der Waals surface area (Å²) in [6, 6.07) is 0. The highest BCUT2D eigenvalue weighted by Gasteiger charge is 2.72. The lowest BCUT2D eigenvalue weighted by molar-refractivity contribution is -0.276. The minimum Gasteiger partial charge on any atom is -0.393 e. The fourth-order valence-corrected chi connectivity index (χ4v) is 8.90. The molecule has 5 fully saturated rings. The molecule has 5 aliphatic rings. The zero-order valence-corrected chi connectivity index (χ0v) is 19.7. The molecule has 0 aromatic carbocycles. The second-order valence-corrected chi connectivity index (χ2v) is 12.3. The molecule has 5 rings (SSSR count). The van der Waals surface area contributed by atoms with E-state index in [-0.39, 0.29) is 23.0 Å². The molecular formula is C25H42N2O4. The van der Waals surface area contributed by atoms with Crippen LogP contribution in [0.1, 0.15) is 79.1 Å². The third kappa shape index (κ3) is 2.80. The number of rotatable bonds is 2. The number of nitrogens with zero attached hydrogens (tertiary/aromatic N) is 1. The van der Waals surface area contributed by atoms with Gasteiger partial charge in [0.25, 0.3) is 0 Å². The van der Waals surface area contributed by atoms with Gasteiger partial charge in [0.05, 0.1) is 17.9 Å². The lowest BCUT2D eigenvalue weighted by Gasteiger charge is -2.68. The first-order valence-electron chi connectivity index (χ1n) is 12.6. The van der Waals surface area contributed by atoms with Gasteiger partial charge in [-0.25, -0.2) is 0 Å². The first-order chi connectivity index (χ1) is 14.6. The molecule has 1 saturated heterocycles. The molecule has 4 aliphatic carbocycles. The standard InChI is InChI=1S/C25H42N2O4/c1-22(2)19(27-31-15-9-12-26-14-15)8-11-24(4)18-7-10-23(3)17(5-6-20(23)28)16(18)13-21(29)25(22,24)30/h15-18,20-21,26,28-30H,5-14H2,1-4H3/b27-19+/t15-,16+,17+,18+,20+,21+,23+,24-,25-/m1/s1. The molecule has 4 saturated carbocycles. The third-order valence-electron chi connectivity index (χ3n) is 10.9. The van der Waals surface area contributed by atoms with Crippen LogP contribution in [0.3, 0.4) is 0 Å². The number of aliphatic hydroxyl groups is 3. The zero-order chi connectivity index (χ0) is 22.2. The van der Waals surface area contributed by atoms with Crippen LogP contribution in [0.4, 0.5) is 0 Å². The molecule has 1 heterocycles. The van der Waals surface area contributed by atoms with Crippen LogP contribution in [0, 0.1) is 34.0 Å². The van der Waals surface area contributed by atoms with Crippen molar-refractivity contribution >= 4 is 5.71 Å². The molecular weight excluding hydrogens is 392 g/mol. The minimum atomic E-state index is -1.24. The molecule has 0 radical (unpaired) electrons. The molecule has 0 bridgehead atoms. The Kier molecular flexibility index (Phi) is 5.10. The lowest BCUT2D eigenvalue weighted by Crippen LogP contribution is -2.74. The first-order valence-corrected chi connectivity index (χ1v) is 12.6. The van der Waals surface area contributed by atoms with Crippen molar-refractivity contribution in [1.29, 1.82) is 0 Å². The molecule has 0 spiro atoms. The number of nitrogens with one attached hydrogen (secondary N) is 1. The Morgan fingerprint density at radius 2 is 1.74 bits per heavy atom. The Labute approximate surface area is 186 Å². The van der Waals surface area contributed by atoms with E-state index < -0.39 is 17.1 Å². The summed E-state index contributed by atoms with van der Waals surface area (Å²) in [5.41, 5.74) is -1.42. The summed E-state index contributed by atoms with van der Waals surface area (Å²) in [6.45, 7) is 10.4. The summed E-state index contributed by atoms with van der Waals surface area (Å²) in [5, 5.41) is 42.5. The Bertz CT molecular complexity index is 750. The molecule has 9 atom stereocenters. The molecule has 0 aromatic heterocycles. The van der Waals surface area contributed by atoms with Crippen molar-refractivity contribution < 1.29 is 20.2 Å². The second kappa shape index (κ2) is 7.15. The molecule has 6 heteroatoms. The van der Waals surface area contributed by atoms with Crippen LogP contribution in [0.2, 0.25) is 0 Å². The van der Waals surface area contributed by atoms with Gasteiger partial charge in [-0.3, -0.25) is 0 Å². The summed E-state index contributed by atoms with van der Waals surface area (Å²) in [4.78, 5) is 5.86. The van der Waals surface area contributed by atoms with Crippen LogP contribution in [0.15, 0.2) is 5.16 Å². The summed E-state index contributed by atoms with van der Waals surface area (Å²) >= 11 is 0.